The molecule has 0 saturated heterocycles. The Labute approximate surface area is 189 Å². The summed E-state index contributed by atoms with van der Waals surface area (Å²) < 4.78 is 21.5. The average molecular weight is 444 g/mol. The number of nitrogens with zero attached hydrogens (tertiary/aromatic N) is 2. The highest BCUT2D eigenvalue weighted by atomic mass is 16.5. The van der Waals surface area contributed by atoms with E-state index in [0.29, 0.717) is 17.8 Å². The minimum Gasteiger partial charge on any atom is -0.497 e. The summed E-state index contributed by atoms with van der Waals surface area (Å²) >= 11 is 0. The van der Waals surface area contributed by atoms with Gasteiger partial charge in [-0.15, -0.1) is 0 Å². The van der Waals surface area contributed by atoms with Gasteiger partial charge in [-0.05, 0) is 54.1 Å². The number of methoxy groups -OCH3 is 1. The van der Waals surface area contributed by atoms with Crippen molar-refractivity contribution in [2.24, 2.45) is 5.10 Å². The highest BCUT2D eigenvalue weighted by molar-refractivity contribution is 6.03. The number of hydrogen-bond acceptors (Lipinski definition) is 7. The molecular formula is C25H20N2O6. The third-order valence-corrected chi connectivity index (χ3v) is 5.41. The van der Waals surface area contributed by atoms with Crippen molar-refractivity contribution >= 4 is 28.6 Å². The molecule has 0 aliphatic carbocycles. The topological polar surface area (TPSA) is 94.5 Å². The number of ether oxygens (including phenoxy) is 2. The van der Waals surface area contributed by atoms with Crippen LogP contribution in [0.1, 0.15) is 34.3 Å². The van der Waals surface area contributed by atoms with Crippen LogP contribution in [0.5, 0.6) is 5.75 Å². The van der Waals surface area contributed by atoms with Gasteiger partial charge in [0.05, 0.1) is 19.1 Å². The second kappa shape index (κ2) is 8.66. The summed E-state index contributed by atoms with van der Waals surface area (Å²) in [4.78, 5) is 25.4. The van der Waals surface area contributed by atoms with Gasteiger partial charge in [-0.25, -0.2) is 9.80 Å². The standard InChI is InChI=1S/C25H20N2O6/c1-30-18-10-8-16(9-11-18)19-14-20(22-7-4-12-31-22)27(26-19)24(28)15-32-25(29)23-13-17-5-2-3-6-21(17)33-23/h2-13,20H,14-15H2,1H3. The van der Waals surface area contributed by atoms with Crippen molar-refractivity contribution in [3.8, 4) is 5.75 Å². The van der Waals surface area contributed by atoms with E-state index in [1.54, 1.807) is 37.6 Å². The third-order valence-electron chi connectivity index (χ3n) is 5.41. The van der Waals surface area contributed by atoms with E-state index in [-0.39, 0.29) is 5.76 Å². The highest BCUT2D eigenvalue weighted by Gasteiger charge is 2.35. The average Bonchev–Trinajstić information content (AvgIpc) is 3.61. The van der Waals surface area contributed by atoms with Crippen LogP contribution in [0.4, 0.5) is 0 Å². The molecule has 166 valence electrons. The molecule has 1 aliphatic heterocycles. The Bertz CT molecular complexity index is 1290. The van der Waals surface area contributed by atoms with E-state index < -0.39 is 24.5 Å². The molecule has 0 bridgehead atoms. The van der Waals surface area contributed by atoms with Crippen LogP contribution in [-0.4, -0.2) is 36.3 Å². The fourth-order valence-electron chi connectivity index (χ4n) is 3.75. The number of furan rings is 2. The molecule has 1 atom stereocenters. The maximum absolute atomic E-state index is 13.0. The first-order chi connectivity index (χ1) is 16.1. The van der Waals surface area contributed by atoms with E-state index >= 15 is 0 Å². The second-order valence-electron chi connectivity index (χ2n) is 7.47. The zero-order chi connectivity index (χ0) is 22.8. The summed E-state index contributed by atoms with van der Waals surface area (Å²) in [5.74, 6) is 0.178. The Morgan fingerprint density at radius 1 is 1.09 bits per heavy atom. The number of hydrazone groups is 1. The number of esters is 1. The van der Waals surface area contributed by atoms with E-state index in [0.717, 1.165) is 22.4 Å². The van der Waals surface area contributed by atoms with E-state index in [1.807, 2.05) is 42.5 Å². The van der Waals surface area contributed by atoms with Gasteiger partial charge in [0.25, 0.3) is 5.91 Å². The molecule has 0 spiro atoms. The van der Waals surface area contributed by atoms with Gasteiger partial charge in [0, 0.05) is 11.8 Å². The monoisotopic (exact) mass is 444 g/mol. The van der Waals surface area contributed by atoms with Gasteiger partial charge < -0.3 is 18.3 Å². The first-order valence-corrected chi connectivity index (χ1v) is 10.4. The van der Waals surface area contributed by atoms with Crippen LogP contribution in [0.15, 0.2) is 86.9 Å². The van der Waals surface area contributed by atoms with Crippen molar-refractivity contribution in [2.75, 3.05) is 13.7 Å². The maximum Gasteiger partial charge on any atom is 0.374 e. The Morgan fingerprint density at radius 2 is 1.91 bits per heavy atom. The van der Waals surface area contributed by atoms with Crippen molar-refractivity contribution in [1.29, 1.82) is 0 Å². The largest absolute Gasteiger partial charge is 0.497 e. The molecule has 0 radical (unpaired) electrons. The number of carbonyl (C=O) groups is 2. The van der Waals surface area contributed by atoms with Crippen LogP contribution < -0.4 is 4.74 Å². The molecule has 1 aliphatic rings. The summed E-state index contributed by atoms with van der Waals surface area (Å²) in [6.45, 7) is -0.480. The fourth-order valence-corrected chi connectivity index (χ4v) is 3.75. The number of carbonyl (C=O) groups excluding carboxylic acids is 2. The first kappa shape index (κ1) is 20.6. The van der Waals surface area contributed by atoms with Gasteiger partial charge in [0.2, 0.25) is 5.76 Å². The van der Waals surface area contributed by atoms with Crippen molar-refractivity contribution in [3.63, 3.8) is 0 Å². The normalized spacial score (nSPS) is 15.5. The lowest BCUT2D eigenvalue weighted by molar-refractivity contribution is -0.136. The Morgan fingerprint density at radius 3 is 2.64 bits per heavy atom. The number of para-hydroxylation sites is 1. The highest BCUT2D eigenvalue weighted by Crippen LogP contribution is 2.33. The summed E-state index contributed by atoms with van der Waals surface area (Å²) in [6.07, 6.45) is 2.01. The van der Waals surface area contributed by atoms with Crippen LogP contribution in [-0.2, 0) is 9.53 Å². The predicted molar refractivity (Wildman–Crippen MR) is 119 cm³/mol. The second-order valence-corrected chi connectivity index (χ2v) is 7.47. The van der Waals surface area contributed by atoms with Crippen LogP contribution >= 0.6 is 0 Å². The van der Waals surface area contributed by atoms with Gasteiger partial charge in [-0.2, -0.15) is 5.10 Å². The number of amides is 1. The minimum absolute atomic E-state index is 0.0374. The van der Waals surface area contributed by atoms with E-state index in [2.05, 4.69) is 5.10 Å². The summed E-state index contributed by atoms with van der Waals surface area (Å²) in [5, 5.41) is 6.61. The molecule has 1 amide bonds. The van der Waals surface area contributed by atoms with E-state index in [9.17, 15) is 9.59 Å². The maximum atomic E-state index is 13.0. The molecule has 0 N–H and O–H groups in total. The number of fused-ring (bicyclic) bond motifs is 1. The molecule has 2 aromatic carbocycles. The molecule has 1 unspecified atom stereocenters. The molecule has 33 heavy (non-hydrogen) atoms. The SMILES string of the molecule is COc1ccc(C2=NN(C(=O)COC(=O)c3cc4ccccc4o3)C(c3ccco3)C2)cc1. The number of hydrogen-bond donors (Lipinski definition) is 0. The molecule has 4 aromatic rings. The summed E-state index contributed by atoms with van der Waals surface area (Å²) in [7, 11) is 1.60. The Balaban J connectivity index is 1.33. The third kappa shape index (κ3) is 4.10. The lowest BCUT2D eigenvalue weighted by Crippen LogP contribution is -2.31. The van der Waals surface area contributed by atoms with Gasteiger partial charge in [0.1, 0.15) is 23.1 Å². The van der Waals surface area contributed by atoms with E-state index in [4.69, 9.17) is 18.3 Å². The van der Waals surface area contributed by atoms with E-state index in [1.165, 1.54) is 5.01 Å². The quantitative estimate of drug-likeness (QED) is 0.405. The van der Waals surface area contributed by atoms with Gasteiger partial charge in [-0.1, -0.05) is 18.2 Å². The van der Waals surface area contributed by atoms with Gasteiger partial charge in [0.15, 0.2) is 6.61 Å². The molecule has 8 nitrogen and oxygen atoms in total. The van der Waals surface area contributed by atoms with Gasteiger partial charge in [-0.3, -0.25) is 4.79 Å². The van der Waals surface area contributed by atoms with Crippen molar-refractivity contribution in [3.05, 3.63) is 90.1 Å². The molecule has 5 rings (SSSR count). The lowest BCUT2D eigenvalue weighted by atomic mass is 10.0. The van der Waals surface area contributed by atoms with Crippen molar-refractivity contribution in [2.45, 2.75) is 12.5 Å². The molecule has 3 heterocycles. The zero-order valence-electron chi connectivity index (χ0n) is 17.8. The predicted octanol–water partition coefficient (Wildman–Crippen LogP) is 4.57. The van der Waals surface area contributed by atoms with Crippen LogP contribution in [0.3, 0.4) is 0 Å². The zero-order valence-corrected chi connectivity index (χ0v) is 17.8. The van der Waals surface area contributed by atoms with Gasteiger partial charge >= 0.3 is 5.97 Å². The first-order valence-electron chi connectivity index (χ1n) is 10.4. The Kier molecular flexibility index (Phi) is 5.40. The van der Waals surface area contributed by atoms with Crippen molar-refractivity contribution in [1.82, 2.24) is 5.01 Å². The lowest BCUT2D eigenvalue weighted by Gasteiger charge is -2.19. The molecule has 8 heteroatoms. The number of benzene rings is 2. The molecule has 0 saturated carbocycles. The summed E-state index contributed by atoms with van der Waals surface area (Å²) in [6, 6.07) is 19.4. The molecule has 2 aromatic heterocycles. The fraction of sp³-hybridized carbons (Fsp3) is 0.160. The summed E-state index contributed by atoms with van der Waals surface area (Å²) in [5.41, 5.74) is 2.15. The van der Waals surface area contributed by atoms with Crippen LogP contribution in [0.2, 0.25) is 0 Å². The molecule has 0 fully saturated rings. The Hall–Kier alpha value is -4.33. The number of rotatable bonds is 6. The smallest absolute Gasteiger partial charge is 0.374 e. The minimum atomic E-state index is -0.715. The van der Waals surface area contributed by atoms with Crippen molar-refractivity contribution < 1.29 is 27.9 Å². The van der Waals surface area contributed by atoms with Crippen LogP contribution in [0, 0.1) is 0 Å². The molecular weight excluding hydrogens is 424 g/mol. The van der Waals surface area contributed by atoms with Crippen LogP contribution in [0.25, 0.3) is 11.0 Å².